The SMILES string of the molecule is Cc1cccc(N(C)C(=O)CN(C(=O)CN2C(=O)c3ccccc3C2=O)c2ccccc2)c1. The zero-order valence-corrected chi connectivity index (χ0v) is 18.4. The average Bonchev–Trinajstić information content (AvgIpc) is 3.07. The first-order valence-electron chi connectivity index (χ1n) is 10.5. The summed E-state index contributed by atoms with van der Waals surface area (Å²) >= 11 is 0. The molecular weight excluding hydrogens is 418 g/mol. The van der Waals surface area contributed by atoms with Crippen molar-refractivity contribution < 1.29 is 19.2 Å². The van der Waals surface area contributed by atoms with Crippen LogP contribution < -0.4 is 9.80 Å². The van der Waals surface area contributed by atoms with Crippen molar-refractivity contribution in [2.45, 2.75) is 6.92 Å². The quantitative estimate of drug-likeness (QED) is 0.550. The van der Waals surface area contributed by atoms with Crippen molar-refractivity contribution in [1.82, 2.24) is 4.90 Å². The average molecular weight is 441 g/mol. The predicted molar refractivity (Wildman–Crippen MR) is 125 cm³/mol. The standard InChI is InChI=1S/C26H23N3O4/c1-18-9-8-12-20(15-18)27(2)23(30)16-28(19-10-4-3-5-11-19)24(31)17-29-25(32)21-13-6-7-14-22(21)26(29)33/h3-15H,16-17H2,1-2H3. The first kappa shape index (κ1) is 22.0. The van der Waals surface area contributed by atoms with Crippen LogP contribution in [-0.4, -0.2) is 48.7 Å². The number of fused-ring (bicyclic) bond motifs is 1. The third-order valence-corrected chi connectivity index (χ3v) is 5.60. The van der Waals surface area contributed by atoms with Crippen LogP contribution in [0, 0.1) is 6.92 Å². The molecule has 0 N–H and O–H groups in total. The number of amides is 4. The number of nitrogens with zero attached hydrogens (tertiary/aromatic N) is 3. The normalized spacial score (nSPS) is 12.5. The molecule has 0 atom stereocenters. The Bertz CT molecular complexity index is 1200. The lowest BCUT2D eigenvalue weighted by molar-refractivity contribution is -0.122. The molecule has 0 aromatic heterocycles. The molecule has 0 fully saturated rings. The molecule has 4 rings (SSSR count). The van der Waals surface area contributed by atoms with E-state index >= 15 is 0 Å². The van der Waals surface area contributed by atoms with Crippen LogP contribution >= 0.6 is 0 Å². The minimum atomic E-state index is -0.526. The number of benzene rings is 3. The van der Waals surface area contributed by atoms with E-state index in [1.165, 1.54) is 9.80 Å². The fourth-order valence-corrected chi connectivity index (χ4v) is 3.76. The molecule has 0 unspecified atom stereocenters. The van der Waals surface area contributed by atoms with Crippen LogP contribution in [0.4, 0.5) is 11.4 Å². The Kier molecular flexibility index (Phi) is 6.04. The lowest BCUT2D eigenvalue weighted by Gasteiger charge is -2.27. The molecule has 0 saturated heterocycles. The second-order valence-corrected chi connectivity index (χ2v) is 7.85. The summed E-state index contributed by atoms with van der Waals surface area (Å²) in [6, 6.07) is 22.7. The molecule has 0 spiro atoms. The van der Waals surface area contributed by atoms with Gasteiger partial charge in [-0.15, -0.1) is 0 Å². The summed E-state index contributed by atoms with van der Waals surface area (Å²) in [5.74, 6) is -1.86. The number of carbonyl (C=O) groups excluding carboxylic acids is 4. The maximum atomic E-state index is 13.3. The van der Waals surface area contributed by atoms with Crippen molar-refractivity contribution >= 4 is 35.0 Å². The Balaban J connectivity index is 1.56. The van der Waals surface area contributed by atoms with Gasteiger partial charge in [0.1, 0.15) is 13.1 Å². The van der Waals surface area contributed by atoms with Gasteiger partial charge in [0.05, 0.1) is 11.1 Å². The minimum absolute atomic E-state index is 0.240. The first-order chi connectivity index (χ1) is 15.9. The number of rotatable bonds is 6. The highest BCUT2D eigenvalue weighted by Gasteiger charge is 2.37. The Hall–Kier alpha value is -4.26. The summed E-state index contributed by atoms with van der Waals surface area (Å²) in [6.45, 7) is 1.24. The molecule has 7 heteroatoms. The molecule has 0 aliphatic carbocycles. The van der Waals surface area contributed by atoms with E-state index in [0.29, 0.717) is 11.4 Å². The van der Waals surface area contributed by atoms with E-state index < -0.39 is 24.3 Å². The lowest BCUT2D eigenvalue weighted by Crippen LogP contribution is -2.47. The highest BCUT2D eigenvalue weighted by molar-refractivity contribution is 6.23. The van der Waals surface area contributed by atoms with E-state index in [2.05, 4.69) is 0 Å². The van der Waals surface area contributed by atoms with Gasteiger partial charge >= 0.3 is 0 Å². The number of hydrogen-bond acceptors (Lipinski definition) is 4. The summed E-state index contributed by atoms with van der Waals surface area (Å²) in [5.41, 5.74) is 2.77. The summed E-state index contributed by atoms with van der Waals surface area (Å²) in [5, 5.41) is 0. The first-order valence-corrected chi connectivity index (χ1v) is 10.5. The zero-order chi connectivity index (χ0) is 23.5. The van der Waals surface area contributed by atoms with E-state index in [4.69, 9.17) is 0 Å². The maximum absolute atomic E-state index is 13.3. The number of imide groups is 1. The topological polar surface area (TPSA) is 78.0 Å². The molecule has 3 aromatic rings. The van der Waals surface area contributed by atoms with Gasteiger partial charge in [0.15, 0.2) is 0 Å². The van der Waals surface area contributed by atoms with Crippen molar-refractivity contribution in [3.05, 3.63) is 95.6 Å². The highest BCUT2D eigenvalue weighted by atomic mass is 16.2. The Morgan fingerprint density at radius 3 is 1.94 bits per heavy atom. The van der Waals surface area contributed by atoms with Crippen LogP contribution in [-0.2, 0) is 9.59 Å². The molecule has 0 radical (unpaired) electrons. The van der Waals surface area contributed by atoms with Crippen LogP contribution in [0.3, 0.4) is 0 Å². The van der Waals surface area contributed by atoms with Gasteiger partial charge in [-0.1, -0.05) is 42.5 Å². The van der Waals surface area contributed by atoms with E-state index in [1.807, 2.05) is 31.2 Å². The molecule has 0 saturated carbocycles. The summed E-state index contributed by atoms with van der Waals surface area (Å²) in [6.07, 6.45) is 0. The molecule has 166 valence electrons. The smallest absolute Gasteiger partial charge is 0.262 e. The Morgan fingerprint density at radius 1 is 0.758 bits per heavy atom. The number of anilines is 2. The van der Waals surface area contributed by atoms with Crippen LogP contribution in [0.15, 0.2) is 78.9 Å². The molecule has 1 aliphatic rings. The third-order valence-electron chi connectivity index (χ3n) is 5.60. The molecule has 7 nitrogen and oxygen atoms in total. The Morgan fingerprint density at radius 2 is 1.33 bits per heavy atom. The van der Waals surface area contributed by atoms with E-state index in [1.54, 1.807) is 61.6 Å². The van der Waals surface area contributed by atoms with Crippen molar-refractivity contribution in [3.8, 4) is 0 Å². The number of carbonyl (C=O) groups is 4. The summed E-state index contributed by atoms with van der Waals surface area (Å²) < 4.78 is 0. The van der Waals surface area contributed by atoms with Crippen LogP contribution in [0.25, 0.3) is 0 Å². The summed E-state index contributed by atoms with van der Waals surface area (Å²) in [4.78, 5) is 55.5. The Labute approximate surface area is 191 Å². The van der Waals surface area contributed by atoms with Crippen molar-refractivity contribution in [2.75, 3.05) is 29.9 Å². The van der Waals surface area contributed by atoms with Crippen LogP contribution in [0.2, 0.25) is 0 Å². The van der Waals surface area contributed by atoms with Gasteiger partial charge in [-0.3, -0.25) is 24.1 Å². The monoisotopic (exact) mass is 441 g/mol. The largest absolute Gasteiger partial charge is 0.314 e. The van der Waals surface area contributed by atoms with Gasteiger partial charge < -0.3 is 9.80 Å². The van der Waals surface area contributed by atoms with Crippen LogP contribution in [0.1, 0.15) is 26.3 Å². The fraction of sp³-hybridized carbons (Fsp3) is 0.154. The highest BCUT2D eigenvalue weighted by Crippen LogP contribution is 2.23. The molecule has 33 heavy (non-hydrogen) atoms. The zero-order valence-electron chi connectivity index (χ0n) is 18.4. The van der Waals surface area contributed by atoms with Crippen molar-refractivity contribution in [2.24, 2.45) is 0 Å². The predicted octanol–water partition coefficient (Wildman–Crippen LogP) is 3.29. The van der Waals surface area contributed by atoms with Gasteiger partial charge in [-0.25, -0.2) is 0 Å². The van der Waals surface area contributed by atoms with Gasteiger partial charge in [0.25, 0.3) is 11.8 Å². The number of para-hydroxylation sites is 1. The third kappa shape index (κ3) is 4.39. The van der Waals surface area contributed by atoms with Crippen LogP contribution in [0.5, 0.6) is 0 Å². The molecule has 4 amide bonds. The summed E-state index contributed by atoms with van der Waals surface area (Å²) in [7, 11) is 1.65. The fourth-order valence-electron chi connectivity index (χ4n) is 3.76. The molecule has 0 bridgehead atoms. The minimum Gasteiger partial charge on any atom is -0.314 e. The lowest BCUT2D eigenvalue weighted by atomic mass is 10.1. The van der Waals surface area contributed by atoms with Crippen molar-refractivity contribution in [3.63, 3.8) is 0 Å². The van der Waals surface area contributed by atoms with Gasteiger partial charge in [-0.2, -0.15) is 0 Å². The van der Waals surface area contributed by atoms with Gasteiger partial charge in [-0.05, 0) is 48.9 Å². The van der Waals surface area contributed by atoms with Gasteiger partial charge in [0.2, 0.25) is 11.8 Å². The number of aryl methyl sites for hydroxylation is 1. The van der Waals surface area contributed by atoms with Gasteiger partial charge in [0, 0.05) is 18.4 Å². The van der Waals surface area contributed by atoms with E-state index in [-0.39, 0.29) is 23.6 Å². The molecule has 1 heterocycles. The van der Waals surface area contributed by atoms with E-state index in [0.717, 1.165) is 10.5 Å². The second kappa shape index (κ2) is 9.08. The maximum Gasteiger partial charge on any atom is 0.262 e. The molecular formula is C26H23N3O4. The second-order valence-electron chi connectivity index (χ2n) is 7.85. The van der Waals surface area contributed by atoms with Crippen molar-refractivity contribution in [1.29, 1.82) is 0 Å². The molecule has 1 aliphatic heterocycles. The molecule has 3 aromatic carbocycles. The number of hydrogen-bond donors (Lipinski definition) is 0. The van der Waals surface area contributed by atoms with E-state index in [9.17, 15) is 19.2 Å². The number of likely N-dealkylation sites (N-methyl/N-ethyl adjacent to an activating group) is 1.